The lowest BCUT2D eigenvalue weighted by Crippen LogP contribution is -2.45. The van der Waals surface area contributed by atoms with Crippen molar-refractivity contribution >= 4 is 5.97 Å². The van der Waals surface area contributed by atoms with E-state index in [1.165, 1.54) is 6.08 Å². The minimum absolute atomic E-state index is 0.489. The normalized spacial score (nSPS) is 26.5. The summed E-state index contributed by atoms with van der Waals surface area (Å²) < 4.78 is 4.82. The van der Waals surface area contributed by atoms with Gasteiger partial charge in [-0.1, -0.05) is 30.3 Å². The first kappa shape index (κ1) is 12.8. The monoisotopic (exact) mass is 250 g/mol. The first-order chi connectivity index (χ1) is 8.59. The largest absolute Gasteiger partial charge is 0.453 e. The van der Waals surface area contributed by atoms with Crippen molar-refractivity contribution in [3.8, 4) is 0 Å². The molecule has 1 heterocycles. The number of hydrogen-bond donors (Lipinski definition) is 3. The fraction of sp³-hybridized carbons (Fsp3) is 0.308. The van der Waals surface area contributed by atoms with Crippen LogP contribution in [0.1, 0.15) is 11.7 Å². The highest BCUT2D eigenvalue weighted by Gasteiger charge is 2.36. The van der Waals surface area contributed by atoms with Gasteiger partial charge < -0.3 is 20.1 Å². The third-order valence-electron chi connectivity index (χ3n) is 2.82. The molecule has 1 aliphatic heterocycles. The highest BCUT2D eigenvalue weighted by atomic mass is 16.6. The van der Waals surface area contributed by atoms with Gasteiger partial charge in [-0.2, -0.15) is 0 Å². The molecule has 0 aromatic heterocycles. The molecule has 18 heavy (non-hydrogen) atoms. The van der Waals surface area contributed by atoms with Crippen LogP contribution in [0.2, 0.25) is 0 Å². The molecule has 1 aromatic carbocycles. The van der Waals surface area contributed by atoms with E-state index < -0.39 is 30.4 Å². The van der Waals surface area contributed by atoms with Crippen molar-refractivity contribution < 1.29 is 24.9 Å². The standard InChI is InChI=1S/C13H14O5/c14-9-6-7-10(15)18-13(9)12(17)11(16)8-4-2-1-3-5-8/h1-7,9,11-14,16-17H/t9-,11-,12-,13-/m0/s1. The van der Waals surface area contributed by atoms with Gasteiger partial charge in [0.25, 0.3) is 0 Å². The number of cyclic esters (lactones) is 1. The zero-order valence-electron chi connectivity index (χ0n) is 9.51. The summed E-state index contributed by atoms with van der Waals surface area (Å²) in [7, 11) is 0. The molecular formula is C13H14O5. The summed E-state index contributed by atoms with van der Waals surface area (Å²) in [6.45, 7) is 0. The lowest BCUT2D eigenvalue weighted by atomic mass is 9.96. The molecule has 0 amide bonds. The van der Waals surface area contributed by atoms with E-state index in [0.29, 0.717) is 5.56 Å². The number of hydrogen-bond acceptors (Lipinski definition) is 5. The smallest absolute Gasteiger partial charge is 0.330 e. The zero-order valence-corrected chi connectivity index (χ0v) is 9.51. The lowest BCUT2D eigenvalue weighted by Gasteiger charge is -2.30. The van der Waals surface area contributed by atoms with E-state index in [-0.39, 0.29) is 0 Å². The number of carbonyl (C=O) groups is 1. The second kappa shape index (κ2) is 5.30. The minimum Gasteiger partial charge on any atom is -0.453 e. The molecule has 0 bridgehead atoms. The summed E-state index contributed by atoms with van der Waals surface area (Å²) in [5.74, 6) is -0.649. The Morgan fingerprint density at radius 1 is 1.17 bits per heavy atom. The zero-order chi connectivity index (χ0) is 13.1. The van der Waals surface area contributed by atoms with E-state index in [4.69, 9.17) is 4.74 Å². The molecule has 0 fully saturated rings. The maximum absolute atomic E-state index is 11.1. The number of benzene rings is 1. The molecule has 1 aliphatic rings. The van der Waals surface area contributed by atoms with Crippen LogP contribution >= 0.6 is 0 Å². The lowest BCUT2D eigenvalue weighted by molar-refractivity contribution is -0.166. The van der Waals surface area contributed by atoms with Crippen LogP contribution in [0.5, 0.6) is 0 Å². The fourth-order valence-electron chi connectivity index (χ4n) is 1.83. The summed E-state index contributed by atoms with van der Waals surface area (Å²) in [6, 6.07) is 8.49. The summed E-state index contributed by atoms with van der Waals surface area (Å²) in [5, 5.41) is 29.5. The predicted molar refractivity (Wildman–Crippen MR) is 62.4 cm³/mol. The highest BCUT2D eigenvalue weighted by Crippen LogP contribution is 2.23. The predicted octanol–water partition coefficient (Wildman–Crippen LogP) is -0.0766. The fourth-order valence-corrected chi connectivity index (χ4v) is 1.83. The Bertz CT molecular complexity index is 442. The van der Waals surface area contributed by atoms with Crippen molar-refractivity contribution in [2.75, 3.05) is 0 Å². The number of rotatable bonds is 3. The van der Waals surface area contributed by atoms with Crippen molar-refractivity contribution in [3.05, 3.63) is 48.0 Å². The molecule has 96 valence electrons. The SMILES string of the molecule is O=C1C=C[C@H](O)[C@@H]([C@@H](O)[C@@H](O)c2ccccc2)O1. The van der Waals surface area contributed by atoms with Gasteiger partial charge in [-0.3, -0.25) is 0 Å². The van der Waals surface area contributed by atoms with Crippen LogP contribution in [0.25, 0.3) is 0 Å². The van der Waals surface area contributed by atoms with Crippen LogP contribution < -0.4 is 0 Å². The molecule has 0 saturated carbocycles. The van der Waals surface area contributed by atoms with Crippen LogP contribution in [0, 0.1) is 0 Å². The van der Waals surface area contributed by atoms with Crippen molar-refractivity contribution in [2.45, 2.75) is 24.4 Å². The van der Waals surface area contributed by atoms with Crippen LogP contribution in [0.4, 0.5) is 0 Å². The first-order valence-electron chi connectivity index (χ1n) is 5.57. The van der Waals surface area contributed by atoms with E-state index >= 15 is 0 Å². The van der Waals surface area contributed by atoms with E-state index in [9.17, 15) is 20.1 Å². The molecule has 2 rings (SSSR count). The number of esters is 1. The quantitative estimate of drug-likeness (QED) is 0.653. The Balaban J connectivity index is 2.14. The van der Waals surface area contributed by atoms with Crippen molar-refractivity contribution in [3.63, 3.8) is 0 Å². The van der Waals surface area contributed by atoms with E-state index in [1.807, 2.05) is 0 Å². The van der Waals surface area contributed by atoms with Crippen LogP contribution in [-0.2, 0) is 9.53 Å². The van der Waals surface area contributed by atoms with E-state index in [0.717, 1.165) is 6.08 Å². The maximum atomic E-state index is 11.1. The van der Waals surface area contributed by atoms with Crippen LogP contribution in [0.3, 0.4) is 0 Å². The summed E-state index contributed by atoms with van der Waals surface area (Å²) >= 11 is 0. The Kier molecular flexibility index (Phi) is 3.76. The van der Waals surface area contributed by atoms with Gasteiger partial charge in [0.05, 0.1) is 0 Å². The minimum atomic E-state index is -1.39. The first-order valence-corrected chi connectivity index (χ1v) is 5.57. The molecule has 1 aromatic rings. The average Bonchev–Trinajstić information content (AvgIpc) is 2.41. The summed E-state index contributed by atoms with van der Waals surface area (Å²) in [4.78, 5) is 11.1. The molecule has 0 aliphatic carbocycles. The van der Waals surface area contributed by atoms with Crippen LogP contribution in [0.15, 0.2) is 42.5 Å². The number of carbonyl (C=O) groups excluding carboxylic acids is 1. The molecule has 5 heteroatoms. The molecule has 0 spiro atoms. The molecule has 0 unspecified atom stereocenters. The van der Waals surface area contributed by atoms with Crippen LogP contribution in [-0.4, -0.2) is 39.6 Å². The molecule has 0 saturated heterocycles. The Hall–Kier alpha value is -1.69. The Labute approximate surface area is 104 Å². The number of aliphatic hydroxyl groups is 3. The topological polar surface area (TPSA) is 87.0 Å². The van der Waals surface area contributed by atoms with Gasteiger partial charge in [0, 0.05) is 6.08 Å². The van der Waals surface area contributed by atoms with Gasteiger partial charge in [0.15, 0.2) is 6.10 Å². The van der Waals surface area contributed by atoms with Gasteiger partial charge in [0.1, 0.15) is 18.3 Å². The number of ether oxygens (including phenoxy) is 1. The van der Waals surface area contributed by atoms with Crippen molar-refractivity contribution in [2.24, 2.45) is 0 Å². The maximum Gasteiger partial charge on any atom is 0.330 e. The van der Waals surface area contributed by atoms with Gasteiger partial charge in [-0.05, 0) is 11.6 Å². The second-order valence-corrected chi connectivity index (χ2v) is 4.10. The summed E-state index contributed by atoms with van der Waals surface area (Å²) in [6.07, 6.45) is -2.60. The van der Waals surface area contributed by atoms with Crippen molar-refractivity contribution in [1.29, 1.82) is 0 Å². The van der Waals surface area contributed by atoms with Gasteiger partial charge >= 0.3 is 5.97 Å². The third-order valence-corrected chi connectivity index (χ3v) is 2.82. The molecule has 0 radical (unpaired) electrons. The van der Waals surface area contributed by atoms with E-state index in [2.05, 4.69) is 0 Å². The summed E-state index contributed by atoms with van der Waals surface area (Å²) in [5.41, 5.74) is 0.489. The third kappa shape index (κ3) is 2.59. The Morgan fingerprint density at radius 2 is 1.83 bits per heavy atom. The molecule has 3 N–H and O–H groups in total. The molecule has 4 atom stereocenters. The second-order valence-electron chi connectivity index (χ2n) is 4.10. The Morgan fingerprint density at radius 3 is 2.50 bits per heavy atom. The van der Waals surface area contributed by atoms with Crippen molar-refractivity contribution in [1.82, 2.24) is 0 Å². The van der Waals surface area contributed by atoms with E-state index in [1.54, 1.807) is 30.3 Å². The average molecular weight is 250 g/mol. The molecule has 5 nitrogen and oxygen atoms in total. The highest BCUT2D eigenvalue weighted by molar-refractivity contribution is 5.83. The van der Waals surface area contributed by atoms with Gasteiger partial charge in [-0.25, -0.2) is 4.79 Å². The van der Waals surface area contributed by atoms with Gasteiger partial charge in [0.2, 0.25) is 0 Å². The number of aliphatic hydroxyl groups excluding tert-OH is 3. The molecular weight excluding hydrogens is 236 g/mol. The van der Waals surface area contributed by atoms with Gasteiger partial charge in [-0.15, -0.1) is 0 Å².